The van der Waals surface area contributed by atoms with E-state index < -0.39 is 0 Å². The predicted molar refractivity (Wildman–Crippen MR) is 35.1 cm³/mol. The first-order valence-electron chi connectivity index (χ1n) is 2.49. The van der Waals surface area contributed by atoms with E-state index in [2.05, 4.69) is 0 Å². The van der Waals surface area contributed by atoms with Crippen LogP contribution in [-0.2, 0) is 0 Å². The fourth-order valence-electron chi connectivity index (χ4n) is 0.289. The van der Waals surface area contributed by atoms with Gasteiger partial charge < -0.3 is 5.11 Å². The topological polar surface area (TPSA) is 20.2 Å². The van der Waals surface area contributed by atoms with Crippen molar-refractivity contribution in [3.05, 3.63) is 0 Å². The zero-order chi connectivity index (χ0) is 4.99. The van der Waals surface area contributed by atoms with E-state index in [4.69, 9.17) is 5.11 Å². The number of aliphatic hydroxyl groups excluding tert-OH is 1. The molecule has 0 radical (unpaired) electrons. The van der Waals surface area contributed by atoms with Gasteiger partial charge in [-0.1, -0.05) is 13.8 Å². The van der Waals surface area contributed by atoms with Crippen molar-refractivity contribution in [2.75, 3.05) is 0 Å². The Bertz CT molecular complexity index is 27.3. The van der Waals surface area contributed by atoms with Crippen molar-refractivity contribution in [3.8, 4) is 0 Å². The average molecular weight is 130 g/mol. The maximum absolute atomic E-state index is 8.67. The van der Waals surface area contributed by atoms with Crippen LogP contribution in [0.3, 0.4) is 0 Å². The second-order valence-electron chi connectivity index (χ2n) is 1.47. The van der Waals surface area contributed by atoms with Crippen LogP contribution >= 0.6 is 0 Å². The van der Waals surface area contributed by atoms with Gasteiger partial charge in [0.25, 0.3) is 0 Å². The summed E-state index contributed by atoms with van der Waals surface area (Å²) in [6, 6.07) is 0. The maximum atomic E-state index is 8.67. The molecule has 0 rings (SSSR count). The molecule has 0 aromatic heterocycles. The molecule has 2 heteroatoms. The summed E-state index contributed by atoms with van der Waals surface area (Å²) in [5, 5.41) is 8.67. The van der Waals surface area contributed by atoms with Crippen molar-refractivity contribution in [2.24, 2.45) is 0 Å². The van der Waals surface area contributed by atoms with E-state index in [1.807, 2.05) is 13.8 Å². The number of hydrogen-bond donors (Lipinski definition) is 1. The van der Waals surface area contributed by atoms with Gasteiger partial charge in [-0.25, -0.2) is 0 Å². The Labute approximate surface area is 75.1 Å². The van der Waals surface area contributed by atoms with Gasteiger partial charge >= 0.3 is 37.7 Å². The van der Waals surface area contributed by atoms with E-state index in [0.29, 0.717) is 0 Å². The summed E-state index contributed by atoms with van der Waals surface area (Å²) in [7, 11) is 0. The number of rotatable bonds is 2. The molecule has 0 saturated carbocycles. The van der Waals surface area contributed by atoms with E-state index >= 15 is 0 Å². The first kappa shape index (κ1) is 11.1. The molecule has 0 aliphatic rings. The van der Waals surface area contributed by atoms with Crippen LogP contribution < -0.4 is 0 Å². The minimum atomic E-state index is -0.0648. The van der Waals surface area contributed by atoms with Crippen molar-refractivity contribution in [2.45, 2.75) is 32.8 Å². The van der Waals surface area contributed by atoms with E-state index in [-0.39, 0.29) is 43.8 Å². The molecular formula is C5H14CaO. The minimum absolute atomic E-state index is 0. The summed E-state index contributed by atoms with van der Waals surface area (Å²) < 4.78 is 0. The molecule has 7 heavy (non-hydrogen) atoms. The monoisotopic (exact) mass is 130 g/mol. The van der Waals surface area contributed by atoms with Crippen LogP contribution in [0.25, 0.3) is 0 Å². The summed E-state index contributed by atoms with van der Waals surface area (Å²) >= 11 is 0. The molecule has 0 heterocycles. The first-order chi connectivity index (χ1) is 2.81. The van der Waals surface area contributed by atoms with Gasteiger partial charge in [0.15, 0.2) is 0 Å². The summed E-state index contributed by atoms with van der Waals surface area (Å²) in [5.74, 6) is 0. The van der Waals surface area contributed by atoms with Crippen molar-refractivity contribution < 1.29 is 5.11 Å². The standard InChI is InChI=1S/C5H12O.Ca.2H/c1-3-5(6)4-2;;;/h5-6H,3-4H2,1-2H3;;;. The summed E-state index contributed by atoms with van der Waals surface area (Å²) in [6.07, 6.45) is 1.71. The third-order valence-electron chi connectivity index (χ3n) is 0.942. The Kier molecular flexibility index (Phi) is 11.4. The normalized spacial score (nSPS) is 8.57. The van der Waals surface area contributed by atoms with Crippen LogP contribution in [0, 0.1) is 0 Å². The Morgan fingerprint density at radius 2 is 1.57 bits per heavy atom. The molecular weight excluding hydrogens is 116 g/mol. The fraction of sp³-hybridized carbons (Fsp3) is 1.00. The van der Waals surface area contributed by atoms with Crippen LogP contribution in [0.4, 0.5) is 0 Å². The zero-order valence-corrected chi connectivity index (χ0v) is 4.44. The number of hydrogen-bond acceptors (Lipinski definition) is 1. The van der Waals surface area contributed by atoms with Crippen molar-refractivity contribution in [1.82, 2.24) is 0 Å². The van der Waals surface area contributed by atoms with E-state index in [0.717, 1.165) is 12.8 Å². The van der Waals surface area contributed by atoms with Gasteiger partial charge in [0.05, 0.1) is 6.10 Å². The molecule has 42 valence electrons. The zero-order valence-electron chi connectivity index (χ0n) is 4.44. The molecule has 0 atom stereocenters. The quantitative estimate of drug-likeness (QED) is 0.531. The van der Waals surface area contributed by atoms with Crippen molar-refractivity contribution in [3.63, 3.8) is 0 Å². The molecule has 0 aliphatic heterocycles. The van der Waals surface area contributed by atoms with Crippen LogP contribution in [0.15, 0.2) is 0 Å². The van der Waals surface area contributed by atoms with Gasteiger partial charge in [0.1, 0.15) is 0 Å². The third-order valence-corrected chi connectivity index (χ3v) is 0.942. The van der Waals surface area contributed by atoms with Crippen molar-refractivity contribution >= 4 is 37.7 Å². The molecule has 0 aliphatic carbocycles. The summed E-state index contributed by atoms with van der Waals surface area (Å²) in [4.78, 5) is 0. The van der Waals surface area contributed by atoms with Crippen LogP contribution in [0.2, 0.25) is 0 Å². The molecule has 0 aromatic rings. The Morgan fingerprint density at radius 1 is 1.29 bits per heavy atom. The number of aliphatic hydroxyl groups is 1. The third kappa shape index (κ3) is 7.22. The second-order valence-corrected chi connectivity index (χ2v) is 1.47. The van der Waals surface area contributed by atoms with E-state index in [9.17, 15) is 0 Å². The van der Waals surface area contributed by atoms with E-state index in [1.165, 1.54) is 0 Å². The Balaban J connectivity index is 0. The molecule has 1 nitrogen and oxygen atoms in total. The van der Waals surface area contributed by atoms with Gasteiger partial charge in [-0.3, -0.25) is 0 Å². The van der Waals surface area contributed by atoms with Gasteiger partial charge in [0.2, 0.25) is 0 Å². The molecule has 0 saturated heterocycles. The van der Waals surface area contributed by atoms with Gasteiger partial charge in [-0.05, 0) is 12.8 Å². The molecule has 0 spiro atoms. The average Bonchev–Trinajstić information content (AvgIpc) is 1.65. The van der Waals surface area contributed by atoms with Gasteiger partial charge in [-0.2, -0.15) is 0 Å². The van der Waals surface area contributed by atoms with Gasteiger partial charge in [-0.15, -0.1) is 0 Å². The molecule has 0 unspecified atom stereocenters. The van der Waals surface area contributed by atoms with Crippen LogP contribution in [0.5, 0.6) is 0 Å². The molecule has 0 fully saturated rings. The fourth-order valence-corrected chi connectivity index (χ4v) is 0.289. The predicted octanol–water partition coefficient (Wildman–Crippen LogP) is 0.251. The molecule has 1 N–H and O–H groups in total. The summed E-state index contributed by atoms with van der Waals surface area (Å²) in [5.41, 5.74) is 0. The Morgan fingerprint density at radius 3 is 1.57 bits per heavy atom. The second kappa shape index (κ2) is 7.22. The SMILES string of the molecule is CCC(O)CC.[CaH2]. The summed E-state index contributed by atoms with van der Waals surface area (Å²) in [6.45, 7) is 3.96. The first-order valence-corrected chi connectivity index (χ1v) is 2.49. The Hall–Kier alpha value is 1.22. The molecule has 0 amide bonds. The van der Waals surface area contributed by atoms with Crippen LogP contribution in [-0.4, -0.2) is 48.9 Å². The molecule has 0 bridgehead atoms. The van der Waals surface area contributed by atoms with Crippen molar-refractivity contribution in [1.29, 1.82) is 0 Å². The molecule has 0 aromatic carbocycles. The van der Waals surface area contributed by atoms with Gasteiger partial charge in [0, 0.05) is 0 Å². The van der Waals surface area contributed by atoms with E-state index in [1.54, 1.807) is 0 Å². The van der Waals surface area contributed by atoms with Crippen LogP contribution in [0.1, 0.15) is 26.7 Å².